The fourth-order valence-corrected chi connectivity index (χ4v) is 4.17. The molecule has 0 aliphatic heterocycles. The molecule has 1 aliphatic rings. The number of aliphatic carboxylic acids is 1. The molecule has 1 aliphatic carbocycles. The van der Waals surface area contributed by atoms with Crippen molar-refractivity contribution in [2.45, 2.75) is 39.0 Å². The van der Waals surface area contributed by atoms with Gasteiger partial charge in [-0.3, -0.25) is 9.59 Å². The van der Waals surface area contributed by atoms with Crippen LogP contribution in [0.15, 0.2) is 48.5 Å². The van der Waals surface area contributed by atoms with Crippen molar-refractivity contribution >= 4 is 18.0 Å². The molecule has 0 aromatic heterocycles. The molecule has 0 fully saturated rings. The molecule has 0 saturated carbocycles. The molecule has 176 valence electrons. The predicted octanol–water partition coefficient (Wildman–Crippen LogP) is 4.17. The van der Waals surface area contributed by atoms with E-state index in [4.69, 9.17) is 9.84 Å². The van der Waals surface area contributed by atoms with Gasteiger partial charge in [-0.05, 0) is 41.5 Å². The lowest BCUT2D eigenvalue weighted by atomic mass is 9.98. The number of alkyl carbamates (subject to hydrolysis) is 1. The first-order chi connectivity index (χ1) is 15.9. The van der Waals surface area contributed by atoms with Crippen molar-refractivity contribution in [2.24, 2.45) is 11.8 Å². The maximum Gasteiger partial charge on any atom is 0.407 e. The summed E-state index contributed by atoms with van der Waals surface area (Å²) in [7, 11) is 0. The van der Waals surface area contributed by atoms with Crippen LogP contribution in [-0.4, -0.2) is 42.8 Å². The van der Waals surface area contributed by atoms with Crippen molar-refractivity contribution < 1.29 is 24.2 Å². The van der Waals surface area contributed by atoms with Crippen LogP contribution in [0.1, 0.15) is 50.2 Å². The van der Waals surface area contributed by atoms with E-state index in [1.54, 1.807) is 6.92 Å². The smallest absolute Gasteiger partial charge is 0.407 e. The molecule has 7 heteroatoms. The number of carbonyl (C=O) groups is 3. The lowest BCUT2D eigenvalue weighted by molar-refractivity contribution is -0.141. The number of rotatable bonds is 11. The average Bonchev–Trinajstić information content (AvgIpc) is 3.14. The monoisotopic (exact) mass is 452 g/mol. The van der Waals surface area contributed by atoms with E-state index in [2.05, 4.69) is 34.9 Å². The first-order valence-electron chi connectivity index (χ1n) is 11.5. The molecule has 2 aromatic rings. The number of carbonyl (C=O) groups excluding carboxylic acids is 2. The van der Waals surface area contributed by atoms with Crippen LogP contribution in [0, 0.1) is 11.8 Å². The quantitative estimate of drug-likeness (QED) is 0.444. The predicted molar refractivity (Wildman–Crippen MR) is 126 cm³/mol. The molecule has 7 nitrogen and oxygen atoms in total. The second-order valence-electron chi connectivity index (χ2n) is 8.48. The zero-order chi connectivity index (χ0) is 23.8. The van der Waals surface area contributed by atoms with Crippen LogP contribution in [-0.2, 0) is 14.3 Å². The maximum absolute atomic E-state index is 12.4. The third kappa shape index (κ3) is 6.12. The standard InChI is InChI=1S/C26H32N2O5/c1-3-18(24(29)27-14-8-9-17(2)25(30)31)15-28-26(32)33-16-23-21-12-6-4-10-19(21)20-11-5-7-13-22(20)23/h4-7,10-13,17-18,23H,3,8-9,14-16H2,1-2H3,(H,27,29)(H,28,32)(H,30,31). The fraction of sp³-hybridized carbons (Fsp3) is 0.423. The molecular weight excluding hydrogens is 420 g/mol. The van der Waals surface area contributed by atoms with Crippen LogP contribution in [0.5, 0.6) is 0 Å². The third-order valence-corrected chi connectivity index (χ3v) is 6.23. The van der Waals surface area contributed by atoms with Crippen LogP contribution < -0.4 is 10.6 Å². The summed E-state index contributed by atoms with van der Waals surface area (Å²) < 4.78 is 5.52. The maximum atomic E-state index is 12.4. The van der Waals surface area contributed by atoms with Gasteiger partial charge in [-0.25, -0.2) is 4.79 Å². The van der Waals surface area contributed by atoms with E-state index >= 15 is 0 Å². The van der Waals surface area contributed by atoms with Gasteiger partial charge in [0.2, 0.25) is 5.91 Å². The summed E-state index contributed by atoms with van der Waals surface area (Å²) in [5.74, 6) is -1.80. The van der Waals surface area contributed by atoms with E-state index in [-0.39, 0.29) is 30.9 Å². The Morgan fingerprint density at radius 3 is 2.18 bits per heavy atom. The first kappa shape index (κ1) is 24.3. The number of hydrogen-bond donors (Lipinski definition) is 3. The van der Waals surface area contributed by atoms with E-state index in [1.807, 2.05) is 31.2 Å². The van der Waals surface area contributed by atoms with Gasteiger partial charge in [0.15, 0.2) is 0 Å². The summed E-state index contributed by atoms with van der Waals surface area (Å²) in [6, 6.07) is 16.3. The van der Waals surface area contributed by atoms with Gasteiger partial charge in [0.1, 0.15) is 6.61 Å². The average molecular weight is 453 g/mol. The highest BCUT2D eigenvalue weighted by atomic mass is 16.5. The summed E-state index contributed by atoms with van der Waals surface area (Å²) in [4.78, 5) is 35.6. The molecule has 0 radical (unpaired) electrons. The van der Waals surface area contributed by atoms with E-state index in [9.17, 15) is 14.4 Å². The van der Waals surface area contributed by atoms with E-state index in [0.717, 1.165) is 11.1 Å². The Kier molecular flexibility index (Phi) is 8.46. The minimum absolute atomic E-state index is 0.0124. The molecule has 3 N–H and O–H groups in total. The van der Waals surface area contributed by atoms with Crippen LogP contribution in [0.25, 0.3) is 11.1 Å². The molecule has 2 unspecified atom stereocenters. The second kappa shape index (κ2) is 11.5. The summed E-state index contributed by atoms with van der Waals surface area (Å²) >= 11 is 0. The summed E-state index contributed by atoms with van der Waals surface area (Å²) in [5.41, 5.74) is 4.63. The first-order valence-corrected chi connectivity index (χ1v) is 11.5. The molecule has 2 aromatic carbocycles. The minimum Gasteiger partial charge on any atom is -0.481 e. The normalized spacial score (nSPS) is 14.0. The number of carboxylic acids is 1. The molecule has 33 heavy (non-hydrogen) atoms. The van der Waals surface area contributed by atoms with Gasteiger partial charge in [0.25, 0.3) is 0 Å². The SMILES string of the molecule is CCC(CNC(=O)OCC1c2ccccc2-c2ccccc21)C(=O)NCCCC(C)C(=O)O. The van der Waals surface area contributed by atoms with Crippen molar-refractivity contribution in [3.63, 3.8) is 0 Å². The largest absolute Gasteiger partial charge is 0.481 e. The van der Waals surface area contributed by atoms with Crippen LogP contribution >= 0.6 is 0 Å². The third-order valence-electron chi connectivity index (χ3n) is 6.23. The number of hydrogen-bond acceptors (Lipinski definition) is 4. The molecule has 2 amide bonds. The van der Waals surface area contributed by atoms with Crippen molar-refractivity contribution in [1.82, 2.24) is 10.6 Å². The van der Waals surface area contributed by atoms with Crippen LogP contribution in [0.2, 0.25) is 0 Å². The van der Waals surface area contributed by atoms with Crippen molar-refractivity contribution in [3.05, 3.63) is 59.7 Å². The summed E-state index contributed by atoms with van der Waals surface area (Å²) in [6.45, 7) is 4.36. The Hall–Kier alpha value is -3.35. The number of fused-ring (bicyclic) bond motifs is 3. The number of ether oxygens (including phenoxy) is 1. The minimum atomic E-state index is -0.833. The van der Waals surface area contributed by atoms with Crippen LogP contribution in [0.4, 0.5) is 4.79 Å². The highest BCUT2D eigenvalue weighted by molar-refractivity contribution is 5.80. The van der Waals surface area contributed by atoms with Gasteiger partial charge in [-0.2, -0.15) is 0 Å². The fourth-order valence-electron chi connectivity index (χ4n) is 4.17. The number of carboxylic acid groups (broad SMARTS) is 1. The number of nitrogens with one attached hydrogen (secondary N) is 2. The van der Waals surface area contributed by atoms with Crippen molar-refractivity contribution in [3.8, 4) is 11.1 Å². The molecule has 0 heterocycles. The number of amides is 2. The van der Waals surface area contributed by atoms with Gasteiger partial charge in [0, 0.05) is 19.0 Å². The Bertz CT molecular complexity index is 945. The van der Waals surface area contributed by atoms with Gasteiger partial charge in [-0.15, -0.1) is 0 Å². The Labute approximate surface area is 194 Å². The van der Waals surface area contributed by atoms with Crippen LogP contribution in [0.3, 0.4) is 0 Å². The zero-order valence-corrected chi connectivity index (χ0v) is 19.2. The zero-order valence-electron chi connectivity index (χ0n) is 19.2. The molecule has 0 bridgehead atoms. The lowest BCUT2D eigenvalue weighted by Crippen LogP contribution is -2.39. The topological polar surface area (TPSA) is 105 Å². The Morgan fingerprint density at radius 1 is 1.00 bits per heavy atom. The molecule has 0 spiro atoms. The van der Waals surface area contributed by atoms with E-state index in [1.165, 1.54) is 11.1 Å². The summed E-state index contributed by atoms with van der Waals surface area (Å²) in [6.07, 6.45) is 1.12. The molecule has 3 rings (SSSR count). The number of benzene rings is 2. The van der Waals surface area contributed by atoms with Gasteiger partial charge >= 0.3 is 12.1 Å². The highest BCUT2D eigenvalue weighted by Crippen LogP contribution is 2.44. The van der Waals surface area contributed by atoms with Gasteiger partial charge in [-0.1, -0.05) is 62.4 Å². The van der Waals surface area contributed by atoms with Crippen molar-refractivity contribution in [1.29, 1.82) is 0 Å². The van der Waals surface area contributed by atoms with E-state index in [0.29, 0.717) is 25.8 Å². The van der Waals surface area contributed by atoms with Crippen molar-refractivity contribution in [2.75, 3.05) is 19.7 Å². The lowest BCUT2D eigenvalue weighted by Gasteiger charge is -2.17. The highest BCUT2D eigenvalue weighted by Gasteiger charge is 2.29. The molecule has 0 saturated heterocycles. The Balaban J connectivity index is 1.45. The summed E-state index contributed by atoms with van der Waals surface area (Å²) in [5, 5.41) is 14.4. The molecular formula is C26H32N2O5. The second-order valence-corrected chi connectivity index (χ2v) is 8.48. The van der Waals surface area contributed by atoms with E-state index < -0.39 is 18.0 Å². The van der Waals surface area contributed by atoms with Gasteiger partial charge in [0.05, 0.1) is 11.8 Å². The molecule has 2 atom stereocenters. The van der Waals surface area contributed by atoms with Gasteiger partial charge < -0.3 is 20.5 Å². The Morgan fingerprint density at radius 2 is 1.61 bits per heavy atom.